The van der Waals surface area contributed by atoms with Crippen molar-refractivity contribution in [1.29, 1.82) is 0 Å². The molecule has 1 aliphatic rings. The number of thiazole rings is 1. The quantitative estimate of drug-likeness (QED) is 0.454. The number of fused-ring (bicyclic) bond motifs is 1. The number of rotatable bonds is 6. The smallest absolute Gasteiger partial charge is 0.330 e. The van der Waals surface area contributed by atoms with Gasteiger partial charge in [0, 0.05) is 37.3 Å². The van der Waals surface area contributed by atoms with Crippen LogP contribution in [0.1, 0.15) is 11.3 Å². The maximum atomic E-state index is 12.1. The van der Waals surface area contributed by atoms with Gasteiger partial charge >= 0.3 is 5.97 Å². The molecule has 0 bridgehead atoms. The van der Waals surface area contributed by atoms with E-state index in [1.54, 1.807) is 6.08 Å². The first-order valence-electron chi connectivity index (χ1n) is 9.03. The van der Waals surface area contributed by atoms with Gasteiger partial charge < -0.3 is 9.47 Å². The molecular formula is C20H20ClN3O3S. The summed E-state index contributed by atoms with van der Waals surface area (Å²) < 4.78 is 12.9. The lowest BCUT2D eigenvalue weighted by atomic mass is 10.2. The first kappa shape index (κ1) is 19.1. The van der Waals surface area contributed by atoms with E-state index >= 15 is 0 Å². The van der Waals surface area contributed by atoms with E-state index in [9.17, 15) is 4.79 Å². The summed E-state index contributed by atoms with van der Waals surface area (Å²) in [5.74, 6) is -0.426. The molecule has 8 heteroatoms. The van der Waals surface area contributed by atoms with Crippen molar-refractivity contribution in [3.8, 4) is 0 Å². The normalized spacial score (nSPS) is 18.1. The maximum Gasteiger partial charge on any atom is 0.330 e. The number of aromatic nitrogens is 2. The van der Waals surface area contributed by atoms with Crippen molar-refractivity contribution < 1.29 is 14.3 Å². The Bertz CT molecular complexity index is 970. The van der Waals surface area contributed by atoms with Crippen molar-refractivity contribution in [3.63, 3.8) is 0 Å². The zero-order chi connectivity index (χ0) is 19.3. The van der Waals surface area contributed by atoms with E-state index in [-0.39, 0.29) is 12.7 Å². The fourth-order valence-corrected chi connectivity index (χ4v) is 4.17. The lowest BCUT2D eigenvalue weighted by molar-refractivity contribution is -0.144. The molecule has 3 heterocycles. The molecule has 1 aliphatic heterocycles. The SMILES string of the molecule is O=C(/C=C/c1c(Cl)nc2sccn12)OC[C@@H]1CN(Cc2ccccc2)CCO1. The Labute approximate surface area is 172 Å². The van der Waals surface area contributed by atoms with Gasteiger partial charge in [0.25, 0.3) is 0 Å². The van der Waals surface area contributed by atoms with E-state index in [0.717, 1.165) is 24.6 Å². The predicted molar refractivity (Wildman–Crippen MR) is 110 cm³/mol. The van der Waals surface area contributed by atoms with Crippen LogP contribution in [0.2, 0.25) is 5.15 Å². The molecule has 3 aromatic rings. The minimum absolute atomic E-state index is 0.128. The molecule has 1 fully saturated rings. The molecule has 6 nitrogen and oxygen atoms in total. The third kappa shape index (κ3) is 4.62. The molecule has 0 aliphatic carbocycles. The second-order valence-corrected chi connectivity index (χ2v) is 7.75. The Morgan fingerprint density at radius 1 is 1.39 bits per heavy atom. The van der Waals surface area contributed by atoms with Crippen molar-refractivity contribution >= 4 is 39.9 Å². The fraction of sp³-hybridized carbons (Fsp3) is 0.300. The van der Waals surface area contributed by atoms with Crippen LogP contribution < -0.4 is 0 Å². The zero-order valence-electron chi connectivity index (χ0n) is 15.2. The number of benzene rings is 1. The number of hydrogen-bond acceptors (Lipinski definition) is 6. The summed E-state index contributed by atoms with van der Waals surface area (Å²) >= 11 is 7.60. The second-order valence-electron chi connectivity index (χ2n) is 6.52. The number of carbonyl (C=O) groups is 1. The van der Waals surface area contributed by atoms with Crippen LogP contribution in [0, 0.1) is 0 Å². The molecule has 0 unspecified atom stereocenters. The van der Waals surface area contributed by atoms with Gasteiger partial charge in [-0.3, -0.25) is 9.30 Å². The molecule has 0 radical (unpaired) electrons. The van der Waals surface area contributed by atoms with Gasteiger partial charge in [-0.05, 0) is 11.6 Å². The molecular weight excluding hydrogens is 398 g/mol. The van der Waals surface area contributed by atoms with Crippen LogP contribution in [-0.4, -0.2) is 52.7 Å². The Morgan fingerprint density at radius 2 is 2.25 bits per heavy atom. The Kier molecular flexibility index (Phi) is 6.07. The molecule has 4 rings (SSSR count). The van der Waals surface area contributed by atoms with Gasteiger partial charge in [0.2, 0.25) is 0 Å². The van der Waals surface area contributed by atoms with Crippen molar-refractivity contribution in [3.05, 3.63) is 64.4 Å². The third-order valence-electron chi connectivity index (χ3n) is 4.51. The minimum atomic E-state index is -0.426. The molecule has 1 atom stereocenters. The van der Waals surface area contributed by atoms with Crippen LogP contribution in [0.15, 0.2) is 48.0 Å². The summed E-state index contributed by atoms with van der Waals surface area (Å²) in [4.78, 5) is 19.4. The van der Waals surface area contributed by atoms with Crippen LogP contribution in [0.25, 0.3) is 11.0 Å². The predicted octanol–water partition coefficient (Wildman–Crippen LogP) is 3.51. The van der Waals surface area contributed by atoms with Crippen LogP contribution in [-0.2, 0) is 20.8 Å². The second kappa shape index (κ2) is 8.87. The minimum Gasteiger partial charge on any atom is -0.460 e. The van der Waals surface area contributed by atoms with Gasteiger partial charge in [0.1, 0.15) is 12.7 Å². The molecule has 2 aromatic heterocycles. The molecule has 0 spiro atoms. The van der Waals surface area contributed by atoms with Gasteiger partial charge in [-0.2, -0.15) is 0 Å². The van der Waals surface area contributed by atoms with E-state index in [2.05, 4.69) is 22.0 Å². The Morgan fingerprint density at radius 3 is 3.11 bits per heavy atom. The van der Waals surface area contributed by atoms with Gasteiger partial charge in [-0.1, -0.05) is 41.9 Å². The number of morpholine rings is 1. The standard InChI is InChI=1S/C20H20ClN3O3S/c21-19-17(24-9-11-28-20(24)22-19)6-7-18(25)27-14-16-13-23(8-10-26-16)12-15-4-2-1-3-5-15/h1-7,9,11,16H,8,10,12-14H2/b7-6+/t16-/m0/s1. The van der Waals surface area contributed by atoms with Crippen LogP contribution in [0.3, 0.4) is 0 Å². The summed E-state index contributed by atoms with van der Waals surface area (Å²) in [7, 11) is 0. The van der Waals surface area contributed by atoms with Crippen LogP contribution in [0.5, 0.6) is 0 Å². The van der Waals surface area contributed by atoms with E-state index in [1.165, 1.54) is 23.0 Å². The summed E-state index contributed by atoms with van der Waals surface area (Å²) in [6, 6.07) is 10.3. The lowest BCUT2D eigenvalue weighted by Crippen LogP contribution is -2.44. The topological polar surface area (TPSA) is 56.1 Å². The lowest BCUT2D eigenvalue weighted by Gasteiger charge is -2.32. The molecule has 0 saturated carbocycles. The van der Waals surface area contributed by atoms with Crippen LogP contribution in [0.4, 0.5) is 0 Å². The number of halogens is 1. The van der Waals surface area contributed by atoms with Gasteiger partial charge in [0.15, 0.2) is 10.1 Å². The highest BCUT2D eigenvalue weighted by Crippen LogP contribution is 2.22. The molecule has 28 heavy (non-hydrogen) atoms. The average Bonchev–Trinajstić information content (AvgIpc) is 3.26. The van der Waals surface area contributed by atoms with E-state index in [1.807, 2.05) is 34.2 Å². The molecule has 1 saturated heterocycles. The van der Waals surface area contributed by atoms with E-state index in [0.29, 0.717) is 17.5 Å². The number of nitrogens with zero attached hydrogens (tertiary/aromatic N) is 3. The number of ether oxygens (including phenoxy) is 2. The molecule has 146 valence electrons. The number of imidazole rings is 1. The van der Waals surface area contributed by atoms with Gasteiger partial charge in [-0.15, -0.1) is 11.3 Å². The maximum absolute atomic E-state index is 12.1. The van der Waals surface area contributed by atoms with Crippen molar-refractivity contribution in [2.24, 2.45) is 0 Å². The number of esters is 1. The van der Waals surface area contributed by atoms with Crippen molar-refractivity contribution in [1.82, 2.24) is 14.3 Å². The van der Waals surface area contributed by atoms with Crippen molar-refractivity contribution in [2.45, 2.75) is 12.6 Å². The van der Waals surface area contributed by atoms with Crippen molar-refractivity contribution in [2.75, 3.05) is 26.3 Å². The highest BCUT2D eigenvalue weighted by molar-refractivity contribution is 7.15. The zero-order valence-corrected chi connectivity index (χ0v) is 16.7. The van der Waals surface area contributed by atoms with E-state index in [4.69, 9.17) is 21.1 Å². The number of carbonyl (C=O) groups excluding carboxylic acids is 1. The Balaban J connectivity index is 1.28. The monoisotopic (exact) mass is 417 g/mol. The first-order chi connectivity index (χ1) is 13.7. The summed E-state index contributed by atoms with van der Waals surface area (Å²) in [6.07, 6.45) is 4.73. The third-order valence-corrected chi connectivity index (χ3v) is 5.55. The molecule has 0 N–H and O–H groups in total. The van der Waals surface area contributed by atoms with Gasteiger partial charge in [0.05, 0.1) is 12.3 Å². The van der Waals surface area contributed by atoms with Gasteiger partial charge in [-0.25, -0.2) is 9.78 Å². The molecule has 1 aromatic carbocycles. The summed E-state index contributed by atoms with van der Waals surface area (Å²) in [5.41, 5.74) is 1.93. The fourth-order valence-electron chi connectivity index (χ4n) is 3.16. The Hall–Kier alpha value is -2.19. The average molecular weight is 418 g/mol. The summed E-state index contributed by atoms with van der Waals surface area (Å²) in [6.45, 7) is 3.32. The number of hydrogen-bond donors (Lipinski definition) is 0. The highest BCUT2D eigenvalue weighted by atomic mass is 35.5. The highest BCUT2D eigenvalue weighted by Gasteiger charge is 2.21. The van der Waals surface area contributed by atoms with Crippen LogP contribution >= 0.6 is 22.9 Å². The largest absolute Gasteiger partial charge is 0.460 e. The summed E-state index contributed by atoms with van der Waals surface area (Å²) in [5, 5.41) is 2.28. The van der Waals surface area contributed by atoms with E-state index < -0.39 is 5.97 Å². The first-order valence-corrected chi connectivity index (χ1v) is 10.3. The molecule has 0 amide bonds.